The summed E-state index contributed by atoms with van der Waals surface area (Å²) in [6, 6.07) is 1.47. The van der Waals surface area contributed by atoms with E-state index in [1.807, 2.05) is 0 Å². The molecule has 18 heteroatoms. The van der Waals surface area contributed by atoms with Gasteiger partial charge in [0.25, 0.3) is 21.9 Å². The quantitative estimate of drug-likeness (QED) is 0.0937. The number of anilines is 1. The summed E-state index contributed by atoms with van der Waals surface area (Å²) in [4.78, 5) is 47.3. The molecule has 2 aromatic heterocycles. The first kappa shape index (κ1) is 26.5. The molecule has 4 N–H and O–H groups in total. The van der Waals surface area contributed by atoms with Crippen LogP contribution >= 0.6 is 23.3 Å². The number of oxime groups is 1. The van der Waals surface area contributed by atoms with Crippen molar-refractivity contribution in [2.24, 2.45) is 5.16 Å². The van der Waals surface area contributed by atoms with E-state index < -0.39 is 39.3 Å². The lowest BCUT2D eigenvalue weighted by Crippen LogP contribution is -2.71. The molecule has 0 bridgehead atoms. The van der Waals surface area contributed by atoms with Crippen molar-refractivity contribution in [2.75, 3.05) is 18.1 Å². The zero-order valence-corrected chi connectivity index (χ0v) is 21.4. The molecular formula is C19H19N7O8S3. The molecule has 4 heterocycles. The summed E-state index contributed by atoms with van der Waals surface area (Å²) < 4.78 is 37.4. The maximum absolute atomic E-state index is 12.9. The van der Waals surface area contributed by atoms with Gasteiger partial charge >= 0.3 is 0 Å². The predicted molar refractivity (Wildman–Crippen MR) is 126 cm³/mol. The van der Waals surface area contributed by atoms with Gasteiger partial charge in [-0.15, -0.1) is 11.8 Å². The Kier molecular flexibility index (Phi) is 7.44. The van der Waals surface area contributed by atoms with E-state index in [4.69, 9.17) is 10.6 Å². The van der Waals surface area contributed by atoms with Crippen molar-refractivity contribution >= 4 is 62.0 Å². The number of β-lactam (4-membered cyclic amide) rings is 1. The Balaban J connectivity index is 1.55. The number of fused-ring (bicyclic) bond motifs is 1. The van der Waals surface area contributed by atoms with Crippen molar-refractivity contribution in [1.82, 2.24) is 19.6 Å². The zero-order valence-electron chi connectivity index (χ0n) is 18.9. The van der Waals surface area contributed by atoms with E-state index in [-0.39, 0.29) is 51.7 Å². The van der Waals surface area contributed by atoms with E-state index in [0.717, 1.165) is 22.6 Å². The van der Waals surface area contributed by atoms with Crippen molar-refractivity contribution in [1.29, 1.82) is 0 Å². The number of carboxylic acids is 1. The van der Waals surface area contributed by atoms with Crippen LogP contribution in [0.4, 0.5) is 5.13 Å². The fourth-order valence-electron chi connectivity index (χ4n) is 3.62. The van der Waals surface area contributed by atoms with Gasteiger partial charge in [0.15, 0.2) is 29.0 Å². The molecule has 1 fully saturated rings. The van der Waals surface area contributed by atoms with E-state index in [1.54, 1.807) is 6.92 Å². The Morgan fingerprint density at radius 1 is 1.46 bits per heavy atom. The lowest BCUT2D eigenvalue weighted by Gasteiger charge is -2.50. The summed E-state index contributed by atoms with van der Waals surface area (Å²) in [6.45, 7) is 1.71. The van der Waals surface area contributed by atoms with E-state index in [2.05, 4.69) is 19.8 Å². The Morgan fingerprint density at radius 2 is 2.22 bits per heavy atom. The first-order valence-electron chi connectivity index (χ1n) is 10.5. The number of carboxylic acid groups (broad SMARTS) is 1. The van der Waals surface area contributed by atoms with Crippen molar-refractivity contribution in [3.63, 3.8) is 0 Å². The van der Waals surface area contributed by atoms with Crippen LogP contribution in [0.15, 0.2) is 45.8 Å². The summed E-state index contributed by atoms with van der Waals surface area (Å²) in [6.07, 6.45) is 2.61. The molecule has 0 spiro atoms. The Labute approximate surface area is 217 Å². The third kappa shape index (κ3) is 5.41. The number of amides is 2. The minimum Gasteiger partial charge on any atom is -0.543 e. The first-order valence-corrected chi connectivity index (χ1v) is 13.7. The Morgan fingerprint density at radius 3 is 2.84 bits per heavy atom. The number of carbonyl (C=O) groups excluding carboxylic acids is 3. The third-order valence-corrected chi connectivity index (χ3v) is 7.90. The van der Waals surface area contributed by atoms with E-state index >= 15 is 0 Å². The molecule has 0 aliphatic carbocycles. The second-order valence-electron chi connectivity index (χ2n) is 7.60. The average Bonchev–Trinajstić information content (AvgIpc) is 3.27. The monoisotopic (exact) mass is 569 g/mol. The van der Waals surface area contributed by atoms with Crippen molar-refractivity contribution < 1.29 is 41.9 Å². The number of aromatic nitrogens is 3. The number of nitrogens with zero attached hydrogens (tertiary/aromatic N) is 5. The van der Waals surface area contributed by atoms with Gasteiger partial charge in [0.05, 0.1) is 11.7 Å². The maximum Gasteiger partial charge on any atom is 0.300 e. The number of pyridine rings is 1. The molecule has 15 nitrogen and oxygen atoms in total. The summed E-state index contributed by atoms with van der Waals surface area (Å²) >= 11 is 2.04. The molecule has 2 aliphatic heterocycles. The highest BCUT2D eigenvalue weighted by atomic mass is 32.2. The molecule has 1 saturated heterocycles. The maximum atomic E-state index is 12.9. The number of rotatable bonds is 9. The number of thioether (sulfide) groups is 1. The zero-order chi connectivity index (χ0) is 26.9. The number of nitrogens with one attached hydrogen (secondary N) is 1. The molecule has 2 aromatic rings. The van der Waals surface area contributed by atoms with Gasteiger partial charge in [-0.2, -0.15) is 22.3 Å². The lowest BCUT2D eigenvalue weighted by atomic mass is 10.0. The predicted octanol–water partition coefficient (Wildman–Crippen LogP) is -2.50. The fourth-order valence-corrected chi connectivity index (χ4v) is 5.91. The van der Waals surface area contributed by atoms with Crippen LogP contribution in [-0.4, -0.2) is 74.5 Å². The summed E-state index contributed by atoms with van der Waals surface area (Å²) in [5, 5.41) is 17.6. The van der Waals surface area contributed by atoms with E-state index in [0.29, 0.717) is 0 Å². The third-order valence-electron chi connectivity index (χ3n) is 5.18. The van der Waals surface area contributed by atoms with Gasteiger partial charge in [0, 0.05) is 28.9 Å². The number of nitrogen functional groups attached to an aromatic ring is 1. The van der Waals surface area contributed by atoms with Crippen LogP contribution < -0.4 is 20.7 Å². The van der Waals surface area contributed by atoms with Crippen LogP contribution in [-0.2, 0) is 35.9 Å². The minimum atomic E-state index is -4.47. The summed E-state index contributed by atoms with van der Waals surface area (Å²) in [7, 11) is -4.47. The Hall–Kier alpha value is -3.61. The van der Waals surface area contributed by atoms with E-state index in [1.165, 1.54) is 34.7 Å². The standard InChI is InChI=1S/C19H19N7O8S3/c1-2-34-23-11(14-22-19(20)36-24-14)15(27)21-12-16(28)26-13(18(29)30)9(8-35-17(12)26)6-25-5-3-4-10(7-25)37(31,32)33/h3-5,7,12,17H,2,6,8H2,1H3,(H4-,20,21,22,24,27,29,30,31,32,33)/t12?,17-/m0/s1. The first-order chi connectivity index (χ1) is 17.5. The van der Waals surface area contributed by atoms with Gasteiger partial charge in [-0.25, -0.2) is 0 Å². The van der Waals surface area contributed by atoms with Crippen LogP contribution in [0.25, 0.3) is 0 Å². The van der Waals surface area contributed by atoms with Crippen molar-refractivity contribution in [3.05, 3.63) is 41.6 Å². The van der Waals surface area contributed by atoms with Gasteiger partial charge in [0.1, 0.15) is 18.0 Å². The van der Waals surface area contributed by atoms with Gasteiger partial charge in [-0.05, 0) is 13.0 Å². The van der Waals surface area contributed by atoms with Crippen LogP contribution in [0.1, 0.15) is 12.7 Å². The van der Waals surface area contributed by atoms with Gasteiger partial charge in [-0.3, -0.25) is 19.0 Å². The van der Waals surface area contributed by atoms with Crippen LogP contribution in [0, 0.1) is 0 Å². The van der Waals surface area contributed by atoms with Gasteiger partial charge in [-0.1, -0.05) is 5.16 Å². The molecule has 0 aromatic carbocycles. The highest BCUT2D eigenvalue weighted by molar-refractivity contribution is 8.00. The average molecular weight is 570 g/mol. The molecular weight excluding hydrogens is 550 g/mol. The molecule has 0 radical (unpaired) electrons. The molecule has 4 rings (SSSR count). The molecule has 37 heavy (non-hydrogen) atoms. The smallest absolute Gasteiger partial charge is 0.300 e. The number of hydrogen-bond donors (Lipinski definition) is 3. The molecule has 1 unspecified atom stereocenters. The second-order valence-corrected chi connectivity index (χ2v) is 10.9. The SMILES string of the molecule is CCON=C(C(=O)NC1C(=O)N2C(C(=O)[O-])=C(C[n+]3cccc(S(=O)(=O)O)c3)CS[C@@H]12)c1nsc(N)n1. The van der Waals surface area contributed by atoms with Crippen LogP contribution in [0.3, 0.4) is 0 Å². The summed E-state index contributed by atoms with van der Waals surface area (Å²) in [5.74, 6) is -3.06. The van der Waals surface area contributed by atoms with Crippen LogP contribution in [0.5, 0.6) is 0 Å². The minimum absolute atomic E-state index is 0.0878. The molecule has 2 atom stereocenters. The fraction of sp³-hybridized carbons (Fsp3) is 0.316. The number of nitrogens with two attached hydrogens (primary N) is 1. The topological polar surface area (TPSA) is 221 Å². The van der Waals surface area contributed by atoms with Crippen LogP contribution in [0.2, 0.25) is 0 Å². The molecule has 0 saturated carbocycles. The van der Waals surface area contributed by atoms with E-state index in [9.17, 15) is 32.5 Å². The molecule has 196 valence electrons. The second kappa shape index (κ2) is 10.4. The molecule has 2 aliphatic rings. The van der Waals surface area contributed by atoms with Gasteiger partial charge < -0.3 is 25.8 Å². The van der Waals surface area contributed by atoms with Crippen molar-refractivity contribution in [3.8, 4) is 0 Å². The van der Waals surface area contributed by atoms with Gasteiger partial charge in [0.2, 0.25) is 11.5 Å². The number of carbonyl (C=O) groups is 3. The highest BCUT2D eigenvalue weighted by Gasteiger charge is 2.53. The number of hydrogen-bond acceptors (Lipinski definition) is 13. The summed E-state index contributed by atoms with van der Waals surface area (Å²) in [5.41, 5.74) is 5.18. The molecule has 2 amide bonds. The highest BCUT2D eigenvalue weighted by Crippen LogP contribution is 2.40. The van der Waals surface area contributed by atoms with Crippen molar-refractivity contribution in [2.45, 2.75) is 29.8 Å². The largest absolute Gasteiger partial charge is 0.543 e. The number of aliphatic carboxylic acids is 1. The Bertz CT molecular complexity index is 1440. The normalized spacial score (nSPS) is 19.8. The lowest BCUT2D eigenvalue weighted by molar-refractivity contribution is -0.690.